The third kappa shape index (κ3) is 31.0. The van der Waals surface area contributed by atoms with Gasteiger partial charge in [0.2, 0.25) is 5.91 Å². The van der Waals surface area contributed by atoms with Crippen molar-refractivity contribution in [3.8, 4) is 0 Å². The summed E-state index contributed by atoms with van der Waals surface area (Å²) in [6.45, 7) is 4.13. The highest BCUT2D eigenvalue weighted by molar-refractivity contribution is 5.80. The molecule has 0 aromatic rings. The van der Waals surface area contributed by atoms with Crippen molar-refractivity contribution >= 4 is 5.91 Å². The first-order valence-electron chi connectivity index (χ1n) is 19.3. The van der Waals surface area contributed by atoms with Gasteiger partial charge in [-0.15, -0.1) is 0 Å². The minimum absolute atomic E-state index is 0.369. The second-order valence-electron chi connectivity index (χ2n) is 13.2. The molecule has 264 valence electrons. The molecule has 45 heavy (non-hydrogen) atoms. The SMILES string of the molecule is CCCCC/C=C\C=C/CCCCCCCC(O)C(=O)NC(CO)C(O)/C=C/CCCCCCCCCCCCCCCCC. The quantitative estimate of drug-likeness (QED) is 0.0322. The summed E-state index contributed by atoms with van der Waals surface area (Å²) in [5.74, 6) is -0.517. The molecule has 5 nitrogen and oxygen atoms in total. The smallest absolute Gasteiger partial charge is 0.249 e. The maximum atomic E-state index is 12.4. The van der Waals surface area contributed by atoms with E-state index < -0.39 is 24.2 Å². The number of carbonyl (C=O) groups excluding carboxylic acids is 1. The second-order valence-corrected chi connectivity index (χ2v) is 13.2. The van der Waals surface area contributed by atoms with Gasteiger partial charge in [0, 0.05) is 0 Å². The normalized spacial score (nSPS) is 14.2. The molecule has 0 heterocycles. The largest absolute Gasteiger partial charge is 0.394 e. The molecule has 0 aromatic heterocycles. The molecule has 0 saturated heterocycles. The monoisotopic (exact) mass is 634 g/mol. The first-order chi connectivity index (χ1) is 22.1. The summed E-state index contributed by atoms with van der Waals surface area (Å²) < 4.78 is 0. The lowest BCUT2D eigenvalue weighted by Crippen LogP contribution is -2.48. The minimum atomic E-state index is -1.11. The molecule has 1 amide bonds. The van der Waals surface area contributed by atoms with Gasteiger partial charge in [0.05, 0.1) is 18.8 Å². The van der Waals surface area contributed by atoms with E-state index in [0.29, 0.717) is 6.42 Å². The van der Waals surface area contributed by atoms with Crippen LogP contribution in [-0.4, -0.2) is 46.1 Å². The van der Waals surface area contributed by atoms with Crippen LogP contribution in [0.1, 0.15) is 187 Å². The molecule has 0 radical (unpaired) electrons. The van der Waals surface area contributed by atoms with Gasteiger partial charge in [0.1, 0.15) is 6.10 Å². The van der Waals surface area contributed by atoms with Crippen LogP contribution in [0.4, 0.5) is 0 Å². The Hall–Kier alpha value is -1.43. The van der Waals surface area contributed by atoms with Crippen molar-refractivity contribution in [2.75, 3.05) is 6.61 Å². The molecule has 4 N–H and O–H groups in total. The van der Waals surface area contributed by atoms with E-state index in [-0.39, 0.29) is 6.61 Å². The van der Waals surface area contributed by atoms with Crippen molar-refractivity contribution in [2.24, 2.45) is 0 Å². The number of rotatable bonds is 34. The molecule has 3 atom stereocenters. The number of amides is 1. The maximum Gasteiger partial charge on any atom is 0.249 e. The van der Waals surface area contributed by atoms with Crippen LogP contribution in [0.3, 0.4) is 0 Å². The second kappa shape index (κ2) is 35.4. The topological polar surface area (TPSA) is 89.8 Å². The van der Waals surface area contributed by atoms with Crippen molar-refractivity contribution in [3.05, 3.63) is 36.5 Å². The van der Waals surface area contributed by atoms with E-state index in [9.17, 15) is 20.1 Å². The molecule has 0 aliphatic carbocycles. The Labute approximate surface area is 279 Å². The van der Waals surface area contributed by atoms with E-state index in [1.807, 2.05) is 6.08 Å². The number of hydrogen-bond donors (Lipinski definition) is 4. The Morgan fingerprint density at radius 2 is 0.933 bits per heavy atom. The summed E-state index contributed by atoms with van der Waals surface area (Å²) in [5.41, 5.74) is 0. The lowest BCUT2D eigenvalue weighted by atomic mass is 10.0. The Morgan fingerprint density at radius 1 is 0.556 bits per heavy atom. The van der Waals surface area contributed by atoms with Gasteiger partial charge in [-0.3, -0.25) is 4.79 Å². The number of hydrogen-bond acceptors (Lipinski definition) is 4. The zero-order valence-electron chi connectivity index (χ0n) is 29.7. The van der Waals surface area contributed by atoms with E-state index in [0.717, 1.165) is 51.4 Å². The van der Waals surface area contributed by atoms with Gasteiger partial charge in [-0.2, -0.15) is 0 Å². The number of unbranched alkanes of at least 4 members (excludes halogenated alkanes) is 23. The van der Waals surface area contributed by atoms with Crippen LogP contribution in [0, 0.1) is 0 Å². The maximum absolute atomic E-state index is 12.4. The van der Waals surface area contributed by atoms with Crippen LogP contribution >= 0.6 is 0 Å². The molecule has 5 heteroatoms. The predicted octanol–water partition coefficient (Wildman–Crippen LogP) is 10.4. The molecule has 3 unspecified atom stereocenters. The molecule has 0 aliphatic heterocycles. The molecule has 0 bridgehead atoms. The Morgan fingerprint density at radius 3 is 1.40 bits per heavy atom. The van der Waals surface area contributed by atoms with Gasteiger partial charge in [-0.1, -0.05) is 179 Å². The molecular weight excluding hydrogens is 558 g/mol. The number of nitrogens with one attached hydrogen (secondary N) is 1. The summed E-state index contributed by atoms with van der Waals surface area (Å²) in [5, 5.41) is 33.0. The standard InChI is InChI=1S/C40H75NO4/c1-3-5-7-9-11-13-15-17-19-20-21-23-24-26-28-30-32-34-38(43)37(36-42)41-40(45)39(44)35-33-31-29-27-25-22-18-16-14-12-10-8-6-4-2/h12,14,16,18,32,34,37-39,42-44H,3-11,13,15,17,19-31,33,35-36H2,1-2H3,(H,41,45)/b14-12-,18-16-,34-32+. The third-order valence-electron chi connectivity index (χ3n) is 8.75. The summed E-state index contributed by atoms with van der Waals surface area (Å²) >= 11 is 0. The van der Waals surface area contributed by atoms with E-state index >= 15 is 0 Å². The van der Waals surface area contributed by atoms with Gasteiger partial charge in [0.25, 0.3) is 0 Å². The highest BCUT2D eigenvalue weighted by Crippen LogP contribution is 2.14. The van der Waals surface area contributed by atoms with Gasteiger partial charge < -0.3 is 20.6 Å². The summed E-state index contributed by atoms with van der Waals surface area (Å²) in [6, 6.07) is -0.802. The Bertz CT molecular complexity index is 704. The average molecular weight is 634 g/mol. The van der Waals surface area contributed by atoms with Gasteiger partial charge in [-0.05, 0) is 44.9 Å². The van der Waals surface area contributed by atoms with Crippen molar-refractivity contribution in [1.82, 2.24) is 5.32 Å². The van der Waals surface area contributed by atoms with Crippen LogP contribution in [0.5, 0.6) is 0 Å². The number of allylic oxidation sites excluding steroid dienone is 5. The molecule has 0 aromatic carbocycles. The van der Waals surface area contributed by atoms with Crippen LogP contribution in [0.2, 0.25) is 0 Å². The molecule has 0 aliphatic rings. The van der Waals surface area contributed by atoms with Crippen LogP contribution in [0.15, 0.2) is 36.5 Å². The minimum Gasteiger partial charge on any atom is -0.394 e. The van der Waals surface area contributed by atoms with Crippen molar-refractivity contribution < 1.29 is 20.1 Å². The number of aliphatic hydroxyl groups excluding tert-OH is 3. The van der Waals surface area contributed by atoms with Crippen LogP contribution in [0.25, 0.3) is 0 Å². The molecule has 0 saturated carbocycles. The van der Waals surface area contributed by atoms with Crippen molar-refractivity contribution in [2.45, 2.75) is 205 Å². The fourth-order valence-corrected chi connectivity index (χ4v) is 5.64. The molecule has 0 rings (SSSR count). The van der Waals surface area contributed by atoms with Gasteiger partial charge in [0.15, 0.2) is 0 Å². The van der Waals surface area contributed by atoms with E-state index in [4.69, 9.17) is 0 Å². The number of aliphatic hydroxyl groups is 3. The lowest BCUT2D eigenvalue weighted by Gasteiger charge is -2.21. The zero-order valence-corrected chi connectivity index (χ0v) is 29.7. The molecule has 0 fully saturated rings. The fourth-order valence-electron chi connectivity index (χ4n) is 5.64. The van der Waals surface area contributed by atoms with Gasteiger partial charge in [-0.25, -0.2) is 0 Å². The van der Waals surface area contributed by atoms with E-state index in [1.54, 1.807) is 6.08 Å². The molecule has 0 spiro atoms. The molecular formula is C40H75NO4. The summed E-state index contributed by atoms with van der Waals surface area (Å²) in [6.07, 6.45) is 43.0. The zero-order chi connectivity index (χ0) is 33.1. The van der Waals surface area contributed by atoms with Gasteiger partial charge >= 0.3 is 0 Å². The Kier molecular flexibility index (Phi) is 34.3. The first kappa shape index (κ1) is 43.6. The third-order valence-corrected chi connectivity index (χ3v) is 8.75. The van der Waals surface area contributed by atoms with Crippen molar-refractivity contribution in [3.63, 3.8) is 0 Å². The highest BCUT2D eigenvalue weighted by Gasteiger charge is 2.22. The van der Waals surface area contributed by atoms with E-state index in [1.165, 1.54) is 116 Å². The van der Waals surface area contributed by atoms with Crippen LogP contribution in [-0.2, 0) is 4.79 Å². The first-order valence-corrected chi connectivity index (χ1v) is 19.3. The average Bonchev–Trinajstić information content (AvgIpc) is 3.04. The number of carbonyl (C=O) groups is 1. The summed E-state index contributed by atoms with van der Waals surface area (Å²) in [7, 11) is 0. The van der Waals surface area contributed by atoms with E-state index in [2.05, 4.69) is 43.5 Å². The predicted molar refractivity (Wildman–Crippen MR) is 194 cm³/mol. The Balaban J connectivity index is 3.76. The summed E-state index contributed by atoms with van der Waals surface area (Å²) in [4.78, 5) is 12.4. The lowest BCUT2D eigenvalue weighted by molar-refractivity contribution is -0.131. The highest BCUT2D eigenvalue weighted by atomic mass is 16.3. The van der Waals surface area contributed by atoms with Crippen LogP contribution < -0.4 is 5.32 Å². The van der Waals surface area contributed by atoms with Crippen molar-refractivity contribution in [1.29, 1.82) is 0 Å². The fraction of sp³-hybridized carbons (Fsp3) is 0.825.